The molecule has 1 rings (SSSR count). The zero-order valence-electron chi connectivity index (χ0n) is 11.5. The molecule has 0 aliphatic rings. The van der Waals surface area contributed by atoms with Crippen molar-refractivity contribution in [3.63, 3.8) is 0 Å². The third-order valence-corrected chi connectivity index (χ3v) is 2.64. The molecule has 0 aliphatic carbocycles. The molecule has 110 valence electrons. The zero-order chi connectivity index (χ0) is 15.0. The smallest absolute Gasteiger partial charge is 0.335 e. The number of carbonyl (C=O) groups is 2. The van der Waals surface area contributed by atoms with Crippen molar-refractivity contribution in [3.8, 4) is 0 Å². The van der Waals surface area contributed by atoms with Gasteiger partial charge in [0.15, 0.2) is 0 Å². The number of amides is 1. The van der Waals surface area contributed by atoms with Gasteiger partial charge in [0.1, 0.15) is 5.69 Å². The van der Waals surface area contributed by atoms with Gasteiger partial charge in [-0.05, 0) is 12.1 Å². The van der Waals surface area contributed by atoms with Crippen LogP contribution in [0.25, 0.3) is 0 Å². The van der Waals surface area contributed by atoms with Crippen LogP contribution in [0.5, 0.6) is 0 Å². The van der Waals surface area contributed by atoms with Crippen molar-refractivity contribution in [2.24, 2.45) is 0 Å². The summed E-state index contributed by atoms with van der Waals surface area (Å²) in [5, 5.41) is 8.92. The molecule has 1 N–H and O–H groups in total. The van der Waals surface area contributed by atoms with Gasteiger partial charge in [0.25, 0.3) is 5.91 Å². The number of hydrogen-bond acceptors (Lipinski definition) is 5. The van der Waals surface area contributed by atoms with E-state index < -0.39 is 5.97 Å². The van der Waals surface area contributed by atoms with Gasteiger partial charge in [-0.3, -0.25) is 9.78 Å². The minimum absolute atomic E-state index is 0.0294. The summed E-state index contributed by atoms with van der Waals surface area (Å²) in [7, 11) is 3.09. The average Bonchev–Trinajstić information content (AvgIpc) is 2.47. The lowest BCUT2D eigenvalue weighted by atomic mass is 10.2. The van der Waals surface area contributed by atoms with E-state index in [1.807, 2.05) is 0 Å². The van der Waals surface area contributed by atoms with Crippen LogP contribution in [0.3, 0.4) is 0 Å². The Bertz CT molecular complexity index is 456. The second-order valence-corrected chi connectivity index (χ2v) is 4.01. The van der Waals surface area contributed by atoms with Gasteiger partial charge in [-0.2, -0.15) is 0 Å². The van der Waals surface area contributed by atoms with Crippen LogP contribution in [0.4, 0.5) is 0 Å². The summed E-state index contributed by atoms with van der Waals surface area (Å²) in [6, 6.07) is 2.60. The number of nitrogens with zero attached hydrogens (tertiary/aromatic N) is 2. The van der Waals surface area contributed by atoms with E-state index in [0.717, 1.165) is 0 Å². The maximum atomic E-state index is 12.3. The Hall–Kier alpha value is -1.99. The highest BCUT2D eigenvalue weighted by Crippen LogP contribution is 2.06. The van der Waals surface area contributed by atoms with E-state index in [1.54, 1.807) is 14.2 Å². The van der Waals surface area contributed by atoms with E-state index in [1.165, 1.54) is 23.2 Å². The van der Waals surface area contributed by atoms with Gasteiger partial charge in [-0.25, -0.2) is 4.79 Å². The highest BCUT2D eigenvalue weighted by Gasteiger charge is 2.18. The molecular weight excluding hydrogens is 264 g/mol. The molecular formula is C13H18N2O5. The highest BCUT2D eigenvalue weighted by atomic mass is 16.5. The van der Waals surface area contributed by atoms with Crippen LogP contribution in [0, 0.1) is 0 Å². The fourth-order valence-corrected chi connectivity index (χ4v) is 1.56. The van der Waals surface area contributed by atoms with Crippen molar-refractivity contribution >= 4 is 11.9 Å². The van der Waals surface area contributed by atoms with Crippen LogP contribution in [0.15, 0.2) is 18.3 Å². The molecule has 7 nitrogen and oxygen atoms in total. The van der Waals surface area contributed by atoms with Gasteiger partial charge in [0.05, 0.1) is 18.8 Å². The molecule has 20 heavy (non-hydrogen) atoms. The van der Waals surface area contributed by atoms with Crippen LogP contribution in [-0.2, 0) is 9.47 Å². The Kier molecular flexibility index (Phi) is 6.61. The maximum absolute atomic E-state index is 12.3. The number of carboxylic acid groups (broad SMARTS) is 1. The van der Waals surface area contributed by atoms with Crippen LogP contribution in [-0.4, -0.2) is 67.4 Å². The van der Waals surface area contributed by atoms with Crippen LogP contribution in [0.1, 0.15) is 20.8 Å². The molecule has 1 heterocycles. The third kappa shape index (κ3) is 4.60. The highest BCUT2D eigenvalue weighted by molar-refractivity contribution is 5.95. The maximum Gasteiger partial charge on any atom is 0.335 e. The summed E-state index contributed by atoms with van der Waals surface area (Å²) >= 11 is 0. The molecule has 0 radical (unpaired) electrons. The summed E-state index contributed by atoms with van der Waals surface area (Å²) in [6.45, 7) is 1.54. The minimum atomic E-state index is -1.10. The normalized spacial score (nSPS) is 10.3. The monoisotopic (exact) mass is 282 g/mol. The van der Waals surface area contributed by atoms with Crippen LogP contribution in [0.2, 0.25) is 0 Å². The van der Waals surface area contributed by atoms with Gasteiger partial charge in [-0.15, -0.1) is 0 Å². The first-order chi connectivity index (χ1) is 9.60. The topological polar surface area (TPSA) is 89.0 Å². The second-order valence-electron chi connectivity index (χ2n) is 4.01. The van der Waals surface area contributed by atoms with Crippen molar-refractivity contribution < 1.29 is 24.2 Å². The van der Waals surface area contributed by atoms with Crippen molar-refractivity contribution in [1.29, 1.82) is 0 Å². The van der Waals surface area contributed by atoms with Crippen molar-refractivity contribution in [2.45, 2.75) is 0 Å². The molecule has 0 spiro atoms. The molecule has 1 aromatic heterocycles. The summed E-state index contributed by atoms with van der Waals surface area (Å²) in [6.07, 6.45) is 1.31. The van der Waals surface area contributed by atoms with Crippen molar-refractivity contribution in [1.82, 2.24) is 9.88 Å². The molecule has 0 aliphatic heterocycles. The minimum Gasteiger partial charge on any atom is -0.478 e. The number of carbonyl (C=O) groups excluding carboxylic acids is 1. The van der Waals surface area contributed by atoms with Crippen molar-refractivity contribution in [3.05, 3.63) is 29.6 Å². The van der Waals surface area contributed by atoms with Gasteiger partial charge in [0.2, 0.25) is 0 Å². The molecule has 1 aromatic rings. The lowest BCUT2D eigenvalue weighted by Gasteiger charge is -2.21. The number of carboxylic acids is 1. The number of pyridine rings is 1. The Morgan fingerprint density at radius 1 is 1.25 bits per heavy atom. The molecule has 0 bridgehead atoms. The Morgan fingerprint density at radius 3 is 2.35 bits per heavy atom. The van der Waals surface area contributed by atoms with E-state index in [0.29, 0.717) is 26.3 Å². The fraction of sp³-hybridized carbons (Fsp3) is 0.462. The lowest BCUT2D eigenvalue weighted by molar-refractivity contribution is 0.0621. The van der Waals surface area contributed by atoms with E-state index in [2.05, 4.69) is 4.98 Å². The number of hydrogen-bond donors (Lipinski definition) is 1. The Labute approximate surface area is 117 Å². The molecule has 0 saturated carbocycles. The van der Waals surface area contributed by atoms with Gasteiger partial charge in [-0.1, -0.05) is 0 Å². The van der Waals surface area contributed by atoms with Gasteiger partial charge in [0, 0.05) is 33.5 Å². The first kappa shape index (κ1) is 16.1. The molecule has 0 fully saturated rings. The molecule has 0 saturated heterocycles. The van der Waals surface area contributed by atoms with Crippen molar-refractivity contribution in [2.75, 3.05) is 40.5 Å². The quantitative estimate of drug-likeness (QED) is 0.747. The lowest BCUT2D eigenvalue weighted by Crippen LogP contribution is -2.37. The van der Waals surface area contributed by atoms with Crippen LogP contribution >= 0.6 is 0 Å². The van der Waals surface area contributed by atoms with Gasteiger partial charge >= 0.3 is 5.97 Å². The molecule has 0 unspecified atom stereocenters. The first-order valence-corrected chi connectivity index (χ1v) is 6.06. The largest absolute Gasteiger partial charge is 0.478 e. The first-order valence-electron chi connectivity index (χ1n) is 6.06. The number of rotatable bonds is 8. The second kappa shape index (κ2) is 8.23. The van der Waals surface area contributed by atoms with Gasteiger partial charge < -0.3 is 19.5 Å². The van der Waals surface area contributed by atoms with E-state index >= 15 is 0 Å². The van der Waals surface area contributed by atoms with E-state index in [9.17, 15) is 9.59 Å². The van der Waals surface area contributed by atoms with E-state index in [4.69, 9.17) is 14.6 Å². The fourth-order valence-electron chi connectivity index (χ4n) is 1.56. The molecule has 7 heteroatoms. The third-order valence-electron chi connectivity index (χ3n) is 2.64. The number of aromatic carboxylic acids is 1. The predicted molar refractivity (Wildman–Crippen MR) is 70.9 cm³/mol. The SMILES string of the molecule is COCCN(CCOC)C(=O)c1cc(C(=O)O)ccn1. The molecule has 0 atom stereocenters. The summed E-state index contributed by atoms with van der Waals surface area (Å²) in [5.74, 6) is -1.44. The molecule has 0 aromatic carbocycles. The number of ether oxygens (including phenoxy) is 2. The standard InChI is InChI=1S/C13H18N2O5/c1-19-7-5-15(6-8-20-2)12(16)11-9-10(13(17)18)3-4-14-11/h3-4,9H,5-8H2,1-2H3,(H,17,18). The number of methoxy groups -OCH3 is 2. The Balaban J connectivity index is 2.86. The van der Waals surface area contributed by atoms with E-state index in [-0.39, 0.29) is 17.2 Å². The number of aromatic nitrogens is 1. The molecule has 1 amide bonds. The van der Waals surface area contributed by atoms with Crippen LogP contribution < -0.4 is 0 Å². The zero-order valence-corrected chi connectivity index (χ0v) is 11.5. The average molecular weight is 282 g/mol. The Morgan fingerprint density at radius 2 is 1.85 bits per heavy atom. The predicted octanol–water partition coefficient (Wildman–Crippen LogP) is 0.515. The summed E-state index contributed by atoms with van der Waals surface area (Å²) in [4.78, 5) is 28.6. The summed E-state index contributed by atoms with van der Waals surface area (Å²) in [5.41, 5.74) is 0.124. The summed E-state index contributed by atoms with van der Waals surface area (Å²) < 4.78 is 9.90.